The first kappa shape index (κ1) is 16.7. The molecule has 6 bridgehead atoms. The molecule has 2 nitrogen and oxygen atoms in total. The van der Waals surface area contributed by atoms with Gasteiger partial charge in [0.25, 0.3) is 0 Å². The minimum Gasteiger partial charge on any atom is -0.283 e. The van der Waals surface area contributed by atoms with Crippen molar-refractivity contribution in [2.75, 3.05) is 19.8 Å². The van der Waals surface area contributed by atoms with Gasteiger partial charge in [-0.2, -0.15) is 0 Å². The lowest BCUT2D eigenvalue weighted by molar-refractivity contribution is 0.00351. The molecule has 2 heteroatoms. The van der Waals surface area contributed by atoms with Crippen LogP contribution in [0.25, 0.3) is 0 Å². The van der Waals surface area contributed by atoms with Crippen LogP contribution in [0.4, 0.5) is 0 Å². The van der Waals surface area contributed by atoms with E-state index in [2.05, 4.69) is 9.80 Å². The minimum atomic E-state index is 0.632. The van der Waals surface area contributed by atoms with Gasteiger partial charge < -0.3 is 0 Å². The van der Waals surface area contributed by atoms with E-state index in [9.17, 15) is 0 Å². The topological polar surface area (TPSA) is 6.48 Å². The Balaban J connectivity index is 1.13. The summed E-state index contributed by atoms with van der Waals surface area (Å²) in [4.78, 5) is 6.12. The first-order valence-electron chi connectivity index (χ1n) is 12.7. The Morgan fingerprint density at radius 1 is 0.519 bits per heavy atom. The molecule has 0 aromatic heterocycles. The van der Waals surface area contributed by atoms with Gasteiger partial charge in [-0.05, 0) is 86.9 Å². The Bertz CT molecular complexity index is 557. The Hall–Kier alpha value is -0.0800. The summed E-state index contributed by atoms with van der Waals surface area (Å²) in [7, 11) is 0. The lowest BCUT2D eigenvalue weighted by Gasteiger charge is -2.47. The molecule has 7 aliphatic rings. The summed E-state index contributed by atoms with van der Waals surface area (Å²) in [5.41, 5.74) is 1.26. The quantitative estimate of drug-likeness (QED) is 0.654. The Morgan fingerprint density at radius 2 is 1.00 bits per heavy atom. The molecule has 0 aromatic rings. The van der Waals surface area contributed by atoms with E-state index in [4.69, 9.17) is 0 Å². The van der Waals surface area contributed by atoms with Crippen LogP contribution in [0, 0.1) is 35.5 Å². The van der Waals surface area contributed by atoms with Crippen molar-refractivity contribution >= 4 is 0 Å². The van der Waals surface area contributed by atoms with Gasteiger partial charge in [-0.15, -0.1) is 0 Å². The molecule has 150 valence electrons. The standard InChI is InChI=1S/C25H40N2/c1-3-18-9-22-15-24(11-18,13-20(22)5-1)26-7-8-27(17-26)25-12-19-4-2-6-21(14-25)23(10-19)16-25/h18-23H,1-17H2. The van der Waals surface area contributed by atoms with Crippen LogP contribution in [0.1, 0.15) is 89.9 Å². The van der Waals surface area contributed by atoms with Crippen LogP contribution in [0.2, 0.25) is 0 Å². The van der Waals surface area contributed by atoms with E-state index in [0.717, 1.165) is 35.5 Å². The Kier molecular flexibility index (Phi) is 3.55. The normalized spacial score (nSPS) is 57.3. The highest BCUT2D eigenvalue weighted by Gasteiger charge is 2.58. The molecule has 8 unspecified atom stereocenters. The first-order valence-corrected chi connectivity index (χ1v) is 12.7. The number of nitrogens with zero attached hydrogens (tertiary/aromatic N) is 2. The van der Waals surface area contributed by atoms with Gasteiger partial charge in [-0.1, -0.05) is 38.5 Å². The van der Waals surface area contributed by atoms with E-state index in [1.807, 2.05) is 0 Å². The molecule has 1 heterocycles. The Labute approximate surface area is 166 Å². The molecule has 1 saturated heterocycles. The number of fused-ring (bicyclic) bond motifs is 4. The van der Waals surface area contributed by atoms with Crippen LogP contribution in [0.15, 0.2) is 0 Å². The van der Waals surface area contributed by atoms with Gasteiger partial charge in [0.1, 0.15) is 0 Å². The van der Waals surface area contributed by atoms with Crippen molar-refractivity contribution in [2.24, 2.45) is 35.5 Å². The van der Waals surface area contributed by atoms with E-state index in [0.29, 0.717) is 11.1 Å². The zero-order valence-corrected chi connectivity index (χ0v) is 17.4. The van der Waals surface area contributed by atoms with Crippen LogP contribution in [0.5, 0.6) is 0 Å². The molecular formula is C25H40N2. The summed E-state index contributed by atoms with van der Waals surface area (Å²) >= 11 is 0. The Morgan fingerprint density at radius 3 is 1.52 bits per heavy atom. The molecule has 6 saturated carbocycles. The molecule has 27 heavy (non-hydrogen) atoms. The monoisotopic (exact) mass is 368 g/mol. The average molecular weight is 369 g/mol. The SMILES string of the molecule is C1CC2CC3CC(N4CCN(C56CC7CCCC(C5)C(C7)C6)C4)(C2)CC3C1. The lowest BCUT2D eigenvalue weighted by Crippen LogP contribution is -2.53. The van der Waals surface area contributed by atoms with Crippen molar-refractivity contribution in [3.63, 3.8) is 0 Å². The number of hydrogen-bond donors (Lipinski definition) is 0. The predicted molar refractivity (Wildman–Crippen MR) is 109 cm³/mol. The molecule has 6 aliphatic carbocycles. The van der Waals surface area contributed by atoms with E-state index in [-0.39, 0.29) is 0 Å². The molecule has 7 fully saturated rings. The highest BCUT2D eigenvalue weighted by atomic mass is 15.4. The van der Waals surface area contributed by atoms with Crippen LogP contribution >= 0.6 is 0 Å². The largest absolute Gasteiger partial charge is 0.283 e. The van der Waals surface area contributed by atoms with Gasteiger partial charge in [0.05, 0.1) is 6.67 Å². The maximum Gasteiger partial charge on any atom is 0.0517 e. The highest BCUT2D eigenvalue weighted by molar-refractivity contribution is 5.12. The fourth-order valence-electron chi connectivity index (χ4n) is 10.4. The van der Waals surface area contributed by atoms with Gasteiger partial charge in [0.2, 0.25) is 0 Å². The third-order valence-electron chi connectivity index (χ3n) is 11.2. The van der Waals surface area contributed by atoms with Gasteiger partial charge >= 0.3 is 0 Å². The van der Waals surface area contributed by atoms with E-state index >= 15 is 0 Å². The van der Waals surface area contributed by atoms with Crippen LogP contribution in [-0.2, 0) is 0 Å². The van der Waals surface area contributed by atoms with Crippen molar-refractivity contribution in [1.82, 2.24) is 9.80 Å². The molecule has 8 atom stereocenters. The van der Waals surface area contributed by atoms with Crippen molar-refractivity contribution in [3.8, 4) is 0 Å². The fraction of sp³-hybridized carbons (Fsp3) is 1.00. The van der Waals surface area contributed by atoms with Gasteiger partial charge in [0, 0.05) is 24.2 Å². The summed E-state index contributed by atoms with van der Waals surface area (Å²) in [6.45, 7) is 4.14. The molecule has 7 rings (SSSR count). The van der Waals surface area contributed by atoms with E-state index < -0.39 is 0 Å². The van der Waals surface area contributed by atoms with Gasteiger partial charge in [-0.3, -0.25) is 9.80 Å². The van der Waals surface area contributed by atoms with Crippen molar-refractivity contribution in [2.45, 2.75) is 101 Å². The molecule has 0 N–H and O–H groups in total. The molecular weight excluding hydrogens is 328 g/mol. The zero-order chi connectivity index (χ0) is 17.6. The number of rotatable bonds is 2. The van der Waals surface area contributed by atoms with Crippen molar-refractivity contribution in [3.05, 3.63) is 0 Å². The summed E-state index contributed by atoms with van der Waals surface area (Å²) < 4.78 is 0. The van der Waals surface area contributed by atoms with Gasteiger partial charge in [0.15, 0.2) is 0 Å². The maximum absolute atomic E-state index is 3.06. The smallest absolute Gasteiger partial charge is 0.0517 e. The maximum atomic E-state index is 3.06. The average Bonchev–Trinajstić information content (AvgIpc) is 3.25. The first-order chi connectivity index (χ1) is 13.2. The minimum absolute atomic E-state index is 0.632. The molecule has 1 aliphatic heterocycles. The third-order valence-corrected chi connectivity index (χ3v) is 11.2. The van der Waals surface area contributed by atoms with Crippen molar-refractivity contribution < 1.29 is 0 Å². The fourth-order valence-corrected chi connectivity index (χ4v) is 10.4. The second-order valence-electron chi connectivity index (χ2n) is 12.4. The second-order valence-corrected chi connectivity index (χ2v) is 12.4. The molecule has 0 amide bonds. The molecule has 0 spiro atoms. The van der Waals surface area contributed by atoms with Crippen LogP contribution < -0.4 is 0 Å². The number of hydrogen-bond acceptors (Lipinski definition) is 2. The predicted octanol–water partition coefficient (Wildman–Crippen LogP) is 5.28. The van der Waals surface area contributed by atoms with E-state index in [1.165, 1.54) is 19.8 Å². The second kappa shape index (κ2) is 5.75. The summed E-state index contributed by atoms with van der Waals surface area (Å²) in [5, 5.41) is 0. The highest BCUT2D eigenvalue weighted by Crippen LogP contribution is 2.60. The van der Waals surface area contributed by atoms with Gasteiger partial charge in [-0.25, -0.2) is 0 Å². The summed E-state index contributed by atoms with van der Waals surface area (Å²) in [6.07, 6.45) is 21.9. The van der Waals surface area contributed by atoms with Crippen LogP contribution in [-0.4, -0.2) is 40.6 Å². The third kappa shape index (κ3) is 2.38. The lowest BCUT2D eigenvalue weighted by atomic mass is 9.74. The summed E-state index contributed by atoms with van der Waals surface area (Å²) in [6, 6.07) is 0. The van der Waals surface area contributed by atoms with E-state index in [1.54, 1.807) is 89.9 Å². The molecule has 0 radical (unpaired) electrons. The summed E-state index contributed by atoms with van der Waals surface area (Å²) in [5.74, 6) is 6.54. The molecule has 0 aromatic carbocycles. The van der Waals surface area contributed by atoms with Crippen LogP contribution in [0.3, 0.4) is 0 Å². The van der Waals surface area contributed by atoms with Crippen molar-refractivity contribution in [1.29, 1.82) is 0 Å². The zero-order valence-electron chi connectivity index (χ0n) is 17.4.